The van der Waals surface area contributed by atoms with Gasteiger partial charge in [0.2, 0.25) is 0 Å². The molecule has 0 unspecified atom stereocenters. The van der Waals surface area contributed by atoms with E-state index >= 15 is 0 Å². The van der Waals surface area contributed by atoms with Gasteiger partial charge in [0.1, 0.15) is 0 Å². The largest absolute Gasteiger partial charge is 0.372 e. The van der Waals surface area contributed by atoms with Gasteiger partial charge in [-0.3, -0.25) is 0 Å². The molecule has 2 heteroatoms. The van der Waals surface area contributed by atoms with Crippen LogP contribution in [-0.4, -0.2) is 21.2 Å². The van der Waals surface area contributed by atoms with E-state index in [4.69, 9.17) is 0 Å². The molecule has 0 amide bonds. The van der Waals surface area contributed by atoms with Crippen molar-refractivity contribution < 1.29 is 0 Å². The zero-order chi connectivity index (χ0) is 11.5. The summed E-state index contributed by atoms with van der Waals surface area (Å²) in [4.78, 5) is 2.38. The van der Waals surface area contributed by atoms with Crippen molar-refractivity contribution in [3.8, 4) is 0 Å². The first-order valence-corrected chi connectivity index (χ1v) is 9.34. The molecule has 0 radical (unpaired) electrons. The number of anilines is 1. The van der Waals surface area contributed by atoms with E-state index in [1.165, 1.54) is 5.69 Å². The Hall–Kier alpha value is -0.763. The molecule has 1 aromatic carbocycles. The van der Waals surface area contributed by atoms with E-state index in [0.717, 1.165) is 13.1 Å². The SMILES string of the molecule is CCN(CC)c1ccc([Si](C)(C)C)cc1. The summed E-state index contributed by atoms with van der Waals surface area (Å²) >= 11 is 0. The predicted octanol–water partition coefficient (Wildman–Crippen LogP) is 3.08. The van der Waals surface area contributed by atoms with Gasteiger partial charge in [0.05, 0.1) is 8.07 Å². The van der Waals surface area contributed by atoms with Gasteiger partial charge >= 0.3 is 0 Å². The maximum Gasteiger partial charge on any atom is 0.0775 e. The van der Waals surface area contributed by atoms with Gasteiger partial charge in [-0.05, 0) is 26.0 Å². The Balaban J connectivity index is 2.89. The van der Waals surface area contributed by atoms with Gasteiger partial charge in [-0.15, -0.1) is 0 Å². The minimum atomic E-state index is -1.13. The first kappa shape index (κ1) is 12.3. The second kappa shape index (κ2) is 4.84. The summed E-state index contributed by atoms with van der Waals surface area (Å²) in [5, 5.41) is 1.54. The summed E-state index contributed by atoms with van der Waals surface area (Å²) in [5.74, 6) is 0. The van der Waals surface area contributed by atoms with Crippen LogP contribution in [0.3, 0.4) is 0 Å². The molecule has 1 aromatic rings. The third kappa shape index (κ3) is 3.10. The lowest BCUT2D eigenvalue weighted by molar-refractivity contribution is 0.866. The van der Waals surface area contributed by atoms with Crippen LogP contribution in [0.2, 0.25) is 19.6 Å². The molecule has 1 nitrogen and oxygen atoms in total. The van der Waals surface area contributed by atoms with E-state index in [2.05, 4.69) is 62.7 Å². The quantitative estimate of drug-likeness (QED) is 0.706. The number of hydrogen-bond acceptors (Lipinski definition) is 1. The molecule has 0 N–H and O–H groups in total. The van der Waals surface area contributed by atoms with Crippen molar-refractivity contribution in [2.45, 2.75) is 33.5 Å². The van der Waals surface area contributed by atoms with E-state index in [1.54, 1.807) is 5.19 Å². The maximum absolute atomic E-state index is 2.39. The topological polar surface area (TPSA) is 3.24 Å². The standard InChI is InChI=1S/C13H23NSi/c1-6-14(7-2)12-8-10-13(11-9-12)15(3,4)5/h8-11H,6-7H2,1-5H3. The van der Waals surface area contributed by atoms with Gasteiger partial charge in [-0.1, -0.05) is 37.0 Å². The molecular weight excluding hydrogens is 198 g/mol. The zero-order valence-electron chi connectivity index (χ0n) is 10.7. The van der Waals surface area contributed by atoms with Crippen molar-refractivity contribution in [3.05, 3.63) is 24.3 Å². The molecule has 0 aromatic heterocycles. The molecule has 15 heavy (non-hydrogen) atoms. The Morgan fingerprint density at radius 2 is 1.40 bits per heavy atom. The normalized spacial score (nSPS) is 11.5. The summed E-state index contributed by atoms with van der Waals surface area (Å²) in [7, 11) is -1.13. The highest BCUT2D eigenvalue weighted by Crippen LogP contribution is 2.13. The zero-order valence-corrected chi connectivity index (χ0v) is 11.7. The van der Waals surface area contributed by atoms with Crippen LogP contribution in [0.25, 0.3) is 0 Å². The summed E-state index contributed by atoms with van der Waals surface area (Å²) in [6.07, 6.45) is 0. The minimum absolute atomic E-state index is 1.09. The molecule has 0 fully saturated rings. The molecular formula is C13H23NSi. The van der Waals surface area contributed by atoms with E-state index in [-0.39, 0.29) is 0 Å². The third-order valence-corrected chi connectivity index (χ3v) is 4.93. The molecule has 0 aliphatic carbocycles. The number of nitrogens with zero attached hydrogens (tertiary/aromatic N) is 1. The fourth-order valence-electron chi connectivity index (χ4n) is 1.76. The lowest BCUT2D eigenvalue weighted by Crippen LogP contribution is -2.37. The van der Waals surface area contributed by atoms with Crippen LogP contribution in [0.4, 0.5) is 5.69 Å². The van der Waals surface area contributed by atoms with Crippen LogP contribution in [0.5, 0.6) is 0 Å². The molecule has 0 atom stereocenters. The van der Waals surface area contributed by atoms with Crippen LogP contribution >= 0.6 is 0 Å². The van der Waals surface area contributed by atoms with E-state index in [1.807, 2.05) is 0 Å². The highest BCUT2D eigenvalue weighted by molar-refractivity contribution is 6.88. The molecule has 84 valence electrons. The summed E-state index contributed by atoms with van der Waals surface area (Å²) in [6, 6.07) is 9.14. The van der Waals surface area contributed by atoms with E-state index in [9.17, 15) is 0 Å². The summed E-state index contributed by atoms with van der Waals surface area (Å²) < 4.78 is 0. The van der Waals surface area contributed by atoms with Gasteiger partial charge < -0.3 is 4.90 Å². The molecule has 0 saturated carbocycles. The van der Waals surface area contributed by atoms with E-state index < -0.39 is 8.07 Å². The second-order valence-corrected chi connectivity index (χ2v) is 10.0. The van der Waals surface area contributed by atoms with Crippen molar-refractivity contribution >= 4 is 18.9 Å². The molecule has 0 spiro atoms. The number of hydrogen-bond donors (Lipinski definition) is 0. The molecule has 0 heterocycles. The van der Waals surface area contributed by atoms with Gasteiger partial charge in [0, 0.05) is 18.8 Å². The van der Waals surface area contributed by atoms with Crippen molar-refractivity contribution in [1.29, 1.82) is 0 Å². The van der Waals surface area contributed by atoms with Crippen LogP contribution in [0.15, 0.2) is 24.3 Å². The minimum Gasteiger partial charge on any atom is -0.372 e. The van der Waals surface area contributed by atoms with Gasteiger partial charge in [0.25, 0.3) is 0 Å². The maximum atomic E-state index is 2.39. The van der Waals surface area contributed by atoms with Crippen LogP contribution < -0.4 is 10.1 Å². The van der Waals surface area contributed by atoms with E-state index in [0.29, 0.717) is 0 Å². The fourth-order valence-corrected chi connectivity index (χ4v) is 2.93. The molecule has 0 aliphatic heterocycles. The summed E-state index contributed by atoms with van der Waals surface area (Å²) in [5.41, 5.74) is 1.35. The number of rotatable bonds is 4. The third-order valence-electron chi connectivity index (χ3n) is 2.86. The average Bonchev–Trinajstić information content (AvgIpc) is 2.19. The molecule has 0 aliphatic rings. The van der Waals surface area contributed by atoms with Gasteiger partial charge in [-0.25, -0.2) is 0 Å². The Bertz CT molecular complexity index is 293. The van der Waals surface area contributed by atoms with Gasteiger partial charge in [-0.2, -0.15) is 0 Å². The Labute approximate surface area is 95.1 Å². The van der Waals surface area contributed by atoms with Gasteiger partial charge in [0.15, 0.2) is 0 Å². The highest BCUT2D eigenvalue weighted by Gasteiger charge is 2.15. The van der Waals surface area contributed by atoms with Crippen LogP contribution in [0, 0.1) is 0 Å². The Morgan fingerprint density at radius 3 is 1.73 bits per heavy atom. The van der Waals surface area contributed by atoms with Crippen LogP contribution in [0.1, 0.15) is 13.8 Å². The Morgan fingerprint density at radius 1 is 0.933 bits per heavy atom. The van der Waals surface area contributed by atoms with Crippen molar-refractivity contribution in [2.75, 3.05) is 18.0 Å². The lowest BCUT2D eigenvalue weighted by Gasteiger charge is -2.23. The second-order valence-electron chi connectivity index (χ2n) is 4.97. The molecule has 0 bridgehead atoms. The van der Waals surface area contributed by atoms with Crippen molar-refractivity contribution in [3.63, 3.8) is 0 Å². The number of benzene rings is 1. The fraction of sp³-hybridized carbons (Fsp3) is 0.538. The predicted molar refractivity (Wildman–Crippen MR) is 73.0 cm³/mol. The highest BCUT2D eigenvalue weighted by atomic mass is 28.3. The molecule has 1 rings (SSSR count). The van der Waals surface area contributed by atoms with Crippen molar-refractivity contribution in [1.82, 2.24) is 0 Å². The molecule has 0 saturated heterocycles. The summed E-state index contributed by atoms with van der Waals surface area (Å²) in [6.45, 7) is 13.7. The Kier molecular flexibility index (Phi) is 3.97. The monoisotopic (exact) mass is 221 g/mol. The first-order valence-electron chi connectivity index (χ1n) is 5.84. The van der Waals surface area contributed by atoms with Crippen LogP contribution in [-0.2, 0) is 0 Å². The lowest BCUT2D eigenvalue weighted by atomic mass is 10.3. The smallest absolute Gasteiger partial charge is 0.0775 e. The first-order chi connectivity index (χ1) is 6.99. The van der Waals surface area contributed by atoms with Crippen molar-refractivity contribution in [2.24, 2.45) is 0 Å². The average molecular weight is 221 g/mol.